The van der Waals surface area contributed by atoms with E-state index in [0.717, 1.165) is 12.1 Å². The molecule has 94 valence electrons. The monoisotopic (exact) mass is 243 g/mol. The van der Waals surface area contributed by atoms with Crippen LogP contribution >= 0.6 is 0 Å². The molecule has 1 aliphatic heterocycles. The summed E-state index contributed by atoms with van der Waals surface area (Å²) in [5.74, 6) is -1.27. The molecule has 0 aromatic heterocycles. The first-order valence-electron chi connectivity index (χ1n) is 5.58. The second-order valence-electron chi connectivity index (χ2n) is 4.33. The Bertz CT molecular complexity index is 410. The molecule has 1 unspecified atom stereocenters. The Hall–Kier alpha value is -1.36. The number of ether oxygens (including phenoxy) is 2. The highest BCUT2D eigenvalue weighted by atomic mass is 19.1. The molecule has 1 aliphatic rings. The summed E-state index contributed by atoms with van der Waals surface area (Å²) >= 11 is 0. The fourth-order valence-corrected chi connectivity index (χ4v) is 1.62. The molecule has 0 aliphatic carbocycles. The van der Waals surface area contributed by atoms with E-state index in [0.29, 0.717) is 12.6 Å². The average Bonchev–Trinajstić information content (AvgIpc) is 2.25. The lowest BCUT2D eigenvalue weighted by molar-refractivity contribution is 0.0841. The second kappa shape index (κ2) is 4.87. The smallest absolute Gasteiger partial charge is 0.197 e. The molecule has 1 heterocycles. The van der Waals surface area contributed by atoms with E-state index in [2.05, 4.69) is 5.32 Å². The van der Waals surface area contributed by atoms with Crippen LogP contribution in [0.4, 0.5) is 8.78 Å². The summed E-state index contributed by atoms with van der Waals surface area (Å²) < 4.78 is 37.0. The Morgan fingerprint density at radius 2 is 2.18 bits per heavy atom. The predicted octanol–water partition coefficient (Wildman–Crippen LogP) is 2.10. The third kappa shape index (κ3) is 2.85. The van der Waals surface area contributed by atoms with E-state index in [-0.39, 0.29) is 24.2 Å². The van der Waals surface area contributed by atoms with Crippen LogP contribution < -0.4 is 14.8 Å². The molecule has 0 fully saturated rings. The third-order valence-electron chi connectivity index (χ3n) is 2.44. The minimum atomic E-state index is -0.727. The van der Waals surface area contributed by atoms with Gasteiger partial charge in [-0.3, -0.25) is 0 Å². The summed E-state index contributed by atoms with van der Waals surface area (Å²) in [4.78, 5) is 0. The maximum absolute atomic E-state index is 13.3. The summed E-state index contributed by atoms with van der Waals surface area (Å²) in [6.45, 7) is 4.86. The van der Waals surface area contributed by atoms with Gasteiger partial charge in [-0.1, -0.05) is 13.8 Å². The van der Waals surface area contributed by atoms with E-state index >= 15 is 0 Å². The molecule has 0 bridgehead atoms. The summed E-state index contributed by atoms with van der Waals surface area (Å²) in [5, 5.41) is 3.18. The van der Waals surface area contributed by atoms with Gasteiger partial charge in [0, 0.05) is 24.7 Å². The van der Waals surface area contributed by atoms with Crippen LogP contribution in [0.1, 0.15) is 13.8 Å². The average molecular weight is 243 g/mol. The molecular weight excluding hydrogens is 228 g/mol. The zero-order chi connectivity index (χ0) is 12.4. The Balaban J connectivity index is 2.08. The number of rotatable bonds is 3. The highest BCUT2D eigenvalue weighted by Gasteiger charge is 2.24. The van der Waals surface area contributed by atoms with Gasteiger partial charge in [-0.05, 0) is 0 Å². The van der Waals surface area contributed by atoms with Crippen LogP contribution in [0.15, 0.2) is 12.1 Å². The van der Waals surface area contributed by atoms with Gasteiger partial charge in [0.15, 0.2) is 17.3 Å². The summed E-state index contributed by atoms with van der Waals surface area (Å²) in [6, 6.07) is 2.25. The van der Waals surface area contributed by atoms with Crippen molar-refractivity contribution in [2.75, 3.05) is 13.2 Å². The molecule has 3 nitrogen and oxygen atoms in total. The summed E-state index contributed by atoms with van der Waals surface area (Å²) in [7, 11) is 0. The highest BCUT2D eigenvalue weighted by Crippen LogP contribution is 2.34. The quantitative estimate of drug-likeness (QED) is 0.882. The minimum Gasteiger partial charge on any atom is -0.483 e. The zero-order valence-electron chi connectivity index (χ0n) is 9.80. The normalized spacial score (nSPS) is 18.5. The molecule has 2 rings (SSSR count). The van der Waals surface area contributed by atoms with Crippen molar-refractivity contribution in [2.24, 2.45) is 0 Å². The molecule has 1 atom stereocenters. The largest absolute Gasteiger partial charge is 0.483 e. The lowest BCUT2D eigenvalue weighted by Gasteiger charge is -2.27. The van der Waals surface area contributed by atoms with Gasteiger partial charge in [-0.15, -0.1) is 0 Å². The standard InChI is InChI=1S/C12H15F2NO2/c1-7(2)15-5-9-6-16-12-10(14)3-8(13)4-11(12)17-9/h3-4,7,9,15H,5-6H2,1-2H3. The molecule has 0 spiro atoms. The van der Waals surface area contributed by atoms with Crippen LogP contribution in [0.3, 0.4) is 0 Å². The van der Waals surface area contributed by atoms with E-state index in [9.17, 15) is 8.78 Å². The molecule has 17 heavy (non-hydrogen) atoms. The van der Waals surface area contributed by atoms with Gasteiger partial charge in [0.05, 0.1) is 0 Å². The van der Waals surface area contributed by atoms with Gasteiger partial charge in [0.2, 0.25) is 0 Å². The van der Waals surface area contributed by atoms with Crippen molar-refractivity contribution in [3.63, 3.8) is 0 Å². The molecular formula is C12H15F2NO2. The minimum absolute atomic E-state index is 0.00723. The first kappa shape index (κ1) is 12.1. The maximum atomic E-state index is 13.3. The number of halogens is 2. The molecule has 5 heteroatoms. The van der Waals surface area contributed by atoms with Crippen molar-refractivity contribution >= 4 is 0 Å². The number of nitrogens with one attached hydrogen (secondary N) is 1. The van der Waals surface area contributed by atoms with Gasteiger partial charge in [0.25, 0.3) is 0 Å². The van der Waals surface area contributed by atoms with Gasteiger partial charge in [-0.25, -0.2) is 8.78 Å². The fourth-order valence-electron chi connectivity index (χ4n) is 1.62. The lowest BCUT2D eigenvalue weighted by atomic mass is 10.2. The summed E-state index contributed by atoms with van der Waals surface area (Å²) in [6.07, 6.45) is -0.230. The van der Waals surface area contributed by atoms with Crippen LogP contribution in [0.5, 0.6) is 11.5 Å². The Morgan fingerprint density at radius 3 is 2.88 bits per heavy atom. The first-order chi connectivity index (χ1) is 8.06. The van der Waals surface area contributed by atoms with E-state index in [1.807, 2.05) is 13.8 Å². The number of fused-ring (bicyclic) bond motifs is 1. The molecule has 0 saturated carbocycles. The van der Waals surface area contributed by atoms with E-state index in [1.54, 1.807) is 0 Å². The van der Waals surface area contributed by atoms with Crippen LogP contribution in [0.25, 0.3) is 0 Å². The molecule has 0 saturated heterocycles. The van der Waals surface area contributed by atoms with Crippen molar-refractivity contribution in [3.05, 3.63) is 23.8 Å². The summed E-state index contributed by atoms with van der Waals surface area (Å²) in [5.41, 5.74) is 0. The van der Waals surface area contributed by atoms with Crippen LogP contribution in [-0.2, 0) is 0 Å². The second-order valence-corrected chi connectivity index (χ2v) is 4.33. The topological polar surface area (TPSA) is 30.5 Å². The Labute approximate surface area is 98.7 Å². The van der Waals surface area contributed by atoms with Crippen molar-refractivity contribution in [1.29, 1.82) is 0 Å². The van der Waals surface area contributed by atoms with Gasteiger partial charge < -0.3 is 14.8 Å². The van der Waals surface area contributed by atoms with E-state index in [4.69, 9.17) is 9.47 Å². The Kier molecular flexibility index (Phi) is 3.47. The third-order valence-corrected chi connectivity index (χ3v) is 2.44. The SMILES string of the molecule is CC(C)NCC1COc2c(F)cc(F)cc2O1. The Morgan fingerprint density at radius 1 is 1.41 bits per heavy atom. The van der Waals surface area contributed by atoms with Crippen molar-refractivity contribution in [3.8, 4) is 11.5 Å². The lowest BCUT2D eigenvalue weighted by Crippen LogP contribution is -2.41. The number of benzene rings is 1. The van der Waals surface area contributed by atoms with Crippen LogP contribution in [-0.4, -0.2) is 25.3 Å². The van der Waals surface area contributed by atoms with Gasteiger partial charge >= 0.3 is 0 Å². The molecule has 1 N–H and O–H groups in total. The first-order valence-corrected chi connectivity index (χ1v) is 5.58. The molecule has 0 radical (unpaired) electrons. The fraction of sp³-hybridized carbons (Fsp3) is 0.500. The molecule has 1 aromatic carbocycles. The van der Waals surface area contributed by atoms with Crippen molar-refractivity contribution in [2.45, 2.75) is 26.0 Å². The highest BCUT2D eigenvalue weighted by molar-refractivity contribution is 5.42. The molecule has 0 amide bonds. The van der Waals surface area contributed by atoms with E-state index in [1.165, 1.54) is 0 Å². The van der Waals surface area contributed by atoms with Crippen LogP contribution in [0, 0.1) is 11.6 Å². The maximum Gasteiger partial charge on any atom is 0.197 e. The van der Waals surface area contributed by atoms with E-state index < -0.39 is 11.6 Å². The van der Waals surface area contributed by atoms with Crippen LogP contribution in [0.2, 0.25) is 0 Å². The predicted molar refractivity (Wildman–Crippen MR) is 59.4 cm³/mol. The van der Waals surface area contributed by atoms with Crippen molar-refractivity contribution in [1.82, 2.24) is 5.32 Å². The van der Waals surface area contributed by atoms with Gasteiger partial charge in [0.1, 0.15) is 18.5 Å². The zero-order valence-corrected chi connectivity index (χ0v) is 9.80. The van der Waals surface area contributed by atoms with Crippen molar-refractivity contribution < 1.29 is 18.3 Å². The van der Waals surface area contributed by atoms with Gasteiger partial charge in [-0.2, -0.15) is 0 Å². The number of hydrogen-bond donors (Lipinski definition) is 1. The molecule has 1 aromatic rings. The number of hydrogen-bond acceptors (Lipinski definition) is 3.